The van der Waals surface area contributed by atoms with Crippen LogP contribution >= 0.6 is 0 Å². The topological polar surface area (TPSA) is 105 Å². The minimum Gasteiger partial charge on any atom is -0.480 e. The molecule has 0 bridgehead atoms. The molecule has 0 radical (unpaired) electrons. The second-order valence-electron chi connectivity index (χ2n) is 3.83. The molecule has 1 fully saturated rings. The predicted octanol–water partition coefficient (Wildman–Crippen LogP) is -1.13. The first kappa shape index (κ1) is 13.4. The molecule has 7 heteroatoms. The standard InChI is InChI=1S/C10H16N2O5/c1-17-8(13)5-7(10(15)16)12-9(14)6-3-2-4-11-6/h6-7,11H,2-5H2,1H3,(H,12,14)(H,15,16)/t6-,7+/m1/s1. The minimum absolute atomic E-state index is 0.366. The molecule has 0 aromatic rings. The summed E-state index contributed by atoms with van der Waals surface area (Å²) in [4.78, 5) is 33.5. The molecule has 1 rings (SSSR count). The van der Waals surface area contributed by atoms with Crippen molar-refractivity contribution < 1.29 is 24.2 Å². The van der Waals surface area contributed by atoms with Gasteiger partial charge in [0.1, 0.15) is 6.04 Å². The highest BCUT2D eigenvalue weighted by Crippen LogP contribution is 2.06. The van der Waals surface area contributed by atoms with Gasteiger partial charge in [0.2, 0.25) is 5.91 Å². The molecule has 3 N–H and O–H groups in total. The normalized spacial score (nSPS) is 20.6. The van der Waals surface area contributed by atoms with Crippen molar-refractivity contribution in [2.24, 2.45) is 0 Å². The van der Waals surface area contributed by atoms with Gasteiger partial charge in [-0.3, -0.25) is 9.59 Å². The molecule has 0 aromatic carbocycles. The summed E-state index contributed by atoms with van der Waals surface area (Å²) in [6.07, 6.45) is 1.19. The maximum Gasteiger partial charge on any atom is 0.326 e. The maximum absolute atomic E-state index is 11.6. The highest BCUT2D eigenvalue weighted by molar-refractivity contribution is 5.89. The lowest BCUT2D eigenvalue weighted by atomic mass is 10.1. The van der Waals surface area contributed by atoms with Crippen molar-refractivity contribution in [3.8, 4) is 0 Å². The molecular weight excluding hydrogens is 228 g/mol. The van der Waals surface area contributed by atoms with Gasteiger partial charge < -0.3 is 20.5 Å². The summed E-state index contributed by atoms with van der Waals surface area (Å²) < 4.78 is 4.37. The minimum atomic E-state index is -1.25. The molecule has 17 heavy (non-hydrogen) atoms. The third-order valence-corrected chi connectivity index (χ3v) is 2.59. The number of carbonyl (C=O) groups excluding carboxylic acids is 2. The number of nitrogens with one attached hydrogen (secondary N) is 2. The Labute approximate surface area is 98.5 Å². The number of aliphatic carboxylic acids is 1. The Balaban J connectivity index is 2.50. The summed E-state index contributed by atoms with van der Waals surface area (Å²) in [5.41, 5.74) is 0. The van der Waals surface area contributed by atoms with Gasteiger partial charge in [0.15, 0.2) is 0 Å². The molecule has 0 aromatic heterocycles. The number of amides is 1. The van der Waals surface area contributed by atoms with E-state index in [1.54, 1.807) is 0 Å². The molecule has 2 atom stereocenters. The number of methoxy groups -OCH3 is 1. The number of hydrogen-bond acceptors (Lipinski definition) is 5. The monoisotopic (exact) mass is 244 g/mol. The summed E-state index contributed by atoms with van der Waals surface area (Å²) in [6, 6.07) is -1.60. The molecule has 1 heterocycles. The van der Waals surface area contributed by atoms with E-state index in [1.165, 1.54) is 7.11 Å². The van der Waals surface area contributed by atoms with Crippen molar-refractivity contribution >= 4 is 17.8 Å². The molecular formula is C10H16N2O5. The van der Waals surface area contributed by atoms with Crippen LogP contribution in [0, 0.1) is 0 Å². The van der Waals surface area contributed by atoms with Crippen LogP contribution in [0.1, 0.15) is 19.3 Å². The summed E-state index contributed by atoms with van der Waals surface area (Å²) in [5.74, 6) is -2.31. The summed E-state index contributed by atoms with van der Waals surface area (Å²) in [5, 5.41) is 14.1. The largest absolute Gasteiger partial charge is 0.480 e. The van der Waals surface area contributed by atoms with Crippen molar-refractivity contribution in [3.63, 3.8) is 0 Å². The number of carbonyl (C=O) groups is 3. The van der Waals surface area contributed by atoms with Crippen LogP contribution in [-0.2, 0) is 19.1 Å². The number of esters is 1. The third-order valence-electron chi connectivity index (χ3n) is 2.59. The lowest BCUT2D eigenvalue weighted by Crippen LogP contribution is -2.49. The Bertz CT molecular complexity index is 312. The molecule has 0 aliphatic carbocycles. The van der Waals surface area contributed by atoms with Crippen LogP contribution in [0.25, 0.3) is 0 Å². The smallest absolute Gasteiger partial charge is 0.326 e. The quantitative estimate of drug-likeness (QED) is 0.529. The summed E-state index contributed by atoms with van der Waals surface area (Å²) >= 11 is 0. The van der Waals surface area contributed by atoms with Crippen LogP contribution in [0.4, 0.5) is 0 Å². The van der Waals surface area contributed by atoms with Gasteiger partial charge in [-0.15, -0.1) is 0 Å². The zero-order valence-electron chi connectivity index (χ0n) is 9.56. The first-order valence-corrected chi connectivity index (χ1v) is 5.38. The van der Waals surface area contributed by atoms with Crippen LogP contribution in [0.3, 0.4) is 0 Å². The zero-order valence-corrected chi connectivity index (χ0v) is 9.56. The van der Waals surface area contributed by atoms with Crippen LogP contribution in [-0.4, -0.2) is 48.7 Å². The number of rotatable bonds is 5. The lowest BCUT2D eigenvalue weighted by molar-refractivity contribution is -0.148. The van der Waals surface area contributed by atoms with E-state index in [1.807, 2.05) is 0 Å². The first-order valence-electron chi connectivity index (χ1n) is 5.38. The van der Waals surface area contributed by atoms with Crippen molar-refractivity contribution in [2.45, 2.75) is 31.3 Å². The Morgan fingerprint density at radius 1 is 1.53 bits per heavy atom. The number of hydrogen-bond donors (Lipinski definition) is 3. The van der Waals surface area contributed by atoms with Crippen molar-refractivity contribution in [2.75, 3.05) is 13.7 Å². The van der Waals surface area contributed by atoms with Crippen LogP contribution in [0.2, 0.25) is 0 Å². The SMILES string of the molecule is COC(=O)C[C@H](NC(=O)[C@H]1CCCN1)C(=O)O. The Morgan fingerprint density at radius 2 is 2.24 bits per heavy atom. The highest BCUT2D eigenvalue weighted by atomic mass is 16.5. The second kappa shape index (κ2) is 6.19. The van der Waals surface area contributed by atoms with Gasteiger partial charge in [0, 0.05) is 0 Å². The van der Waals surface area contributed by atoms with E-state index >= 15 is 0 Å². The average Bonchev–Trinajstić information content (AvgIpc) is 2.81. The van der Waals surface area contributed by atoms with Gasteiger partial charge in [-0.05, 0) is 19.4 Å². The fraction of sp³-hybridized carbons (Fsp3) is 0.700. The van der Waals surface area contributed by atoms with Gasteiger partial charge in [-0.2, -0.15) is 0 Å². The van der Waals surface area contributed by atoms with E-state index in [9.17, 15) is 14.4 Å². The van der Waals surface area contributed by atoms with Crippen molar-refractivity contribution in [1.29, 1.82) is 0 Å². The van der Waals surface area contributed by atoms with Crippen LogP contribution < -0.4 is 10.6 Å². The molecule has 7 nitrogen and oxygen atoms in total. The predicted molar refractivity (Wildman–Crippen MR) is 57.2 cm³/mol. The fourth-order valence-electron chi connectivity index (χ4n) is 1.63. The maximum atomic E-state index is 11.6. The number of carboxylic acids is 1. The molecule has 0 saturated carbocycles. The van der Waals surface area contributed by atoms with Gasteiger partial charge >= 0.3 is 11.9 Å². The van der Waals surface area contributed by atoms with E-state index in [0.29, 0.717) is 6.42 Å². The molecule has 0 spiro atoms. The third kappa shape index (κ3) is 4.03. The van der Waals surface area contributed by atoms with Gasteiger partial charge in [0.05, 0.1) is 19.6 Å². The van der Waals surface area contributed by atoms with E-state index < -0.39 is 18.0 Å². The van der Waals surface area contributed by atoms with Gasteiger partial charge in [0.25, 0.3) is 0 Å². The second-order valence-corrected chi connectivity index (χ2v) is 3.83. The molecule has 1 aliphatic rings. The van der Waals surface area contributed by atoms with E-state index in [0.717, 1.165) is 13.0 Å². The van der Waals surface area contributed by atoms with Crippen LogP contribution in [0.5, 0.6) is 0 Å². The molecule has 1 amide bonds. The first-order chi connectivity index (χ1) is 8.04. The molecule has 1 aliphatic heterocycles. The average molecular weight is 244 g/mol. The zero-order chi connectivity index (χ0) is 12.8. The Kier molecular flexibility index (Phi) is 4.89. The van der Waals surface area contributed by atoms with E-state index in [2.05, 4.69) is 15.4 Å². The Morgan fingerprint density at radius 3 is 2.71 bits per heavy atom. The lowest BCUT2D eigenvalue weighted by Gasteiger charge is -2.16. The fourth-order valence-corrected chi connectivity index (χ4v) is 1.63. The number of carboxylic acid groups (broad SMARTS) is 1. The molecule has 1 saturated heterocycles. The van der Waals surface area contributed by atoms with E-state index in [4.69, 9.17) is 5.11 Å². The van der Waals surface area contributed by atoms with Gasteiger partial charge in [-0.25, -0.2) is 4.79 Å². The molecule has 0 unspecified atom stereocenters. The summed E-state index contributed by atoms with van der Waals surface area (Å²) in [6.45, 7) is 0.743. The van der Waals surface area contributed by atoms with Crippen molar-refractivity contribution in [1.82, 2.24) is 10.6 Å². The molecule has 96 valence electrons. The van der Waals surface area contributed by atoms with Crippen molar-refractivity contribution in [3.05, 3.63) is 0 Å². The van der Waals surface area contributed by atoms with Crippen LogP contribution in [0.15, 0.2) is 0 Å². The van der Waals surface area contributed by atoms with E-state index in [-0.39, 0.29) is 18.4 Å². The number of ether oxygens (including phenoxy) is 1. The summed E-state index contributed by atoms with van der Waals surface area (Å²) in [7, 11) is 1.17. The highest BCUT2D eigenvalue weighted by Gasteiger charge is 2.28. The van der Waals surface area contributed by atoms with Gasteiger partial charge in [-0.1, -0.05) is 0 Å². The Hall–Kier alpha value is -1.63.